The maximum Gasteiger partial charge on any atom is 0.119 e. The molecule has 2 nitrogen and oxygen atoms in total. The molecule has 0 saturated carbocycles. The van der Waals surface area contributed by atoms with Gasteiger partial charge in [-0.15, -0.1) is 0 Å². The molecule has 0 aliphatic carbocycles. The summed E-state index contributed by atoms with van der Waals surface area (Å²) in [6.45, 7) is 6.72. The summed E-state index contributed by atoms with van der Waals surface area (Å²) in [4.78, 5) is 0. The second kappa shape index (κ2) is 6.38. The van der Waals surface area contributed by atoms with Crippen molar-refractivity contribution in [3.05, 3.63) is 36.4 Å². The summed E-state index contributed by atoms with van der Waals surface area (Å²) < 4.78 is 5.95. The number of rotatable bonds is 5. The fourth-order valence-corrected chi connectivity index (χ4v) is 2.40. The lowest BCUT2D eigenvalue weighted by atomic mass is 10.3. The first kappa shape index (κ1) is 12.8. The van der Waals surface area contributed by atoms with Gasteiger partial charge in [-0.3, -0.25) is 0 Å². The van der Waals surface area contributed by atoms with E-state index < -0.39 is 8.80 Å². The van der Waals surface area contributed by atoms with Crippen LogP contribution in [-0.4, -0.2) is 14.5 Å². The molecule has 2 N–H and O–H groups in total. The predicted molar refractivity (Wildman–Crippen MR) is 73.6 cm³/mol. The Labute approximate surface area is 99.7 Å². The Balaban J connectivity index is 2.68. The van der Waals surface area contributed by atoms with Gasteiger partial charge in [0.2, 0.25) is 0 Å². The maximum absolute atomic E-state index is 5.95. The zero-order chi connectivity index (χ0) is 12.0. The SMILES string of the molecule is CCC=CC(Oc1ccc(N)cc1)[SiH](C)C. The van der Waals surface area contributed by atoms with Gasteiger partial charge in [0.25, 0.3) is 0 Å². The van der Waals surface area contributed by atoms with E-state index in [-0.39, 0.29) is 5.73 Å². The molecular formula is C13H21NOSi. The Hall–Kier alpha value is -1.22. The molecule has 0 aromatic heterocycles. The molecule has 88 valence electrons. The van der Waals surface area contributed by atoms with E-state index in [9.17, 15) is 0 Å². The van der Waals surface area contributed by atoms with Crippen LogP contribution >= 0.6 is 0 Å². The standard InChI is InChI=1S/C13H21NOSi/c1-4-5-6-13(16(2)3)15-12-9-7-11(14)8-10-12/h5-10,13,16H,4,14H2,1-3H3. The van der Waals surface area contributed by atoms with Crippen molar-refractivity contribution in [1.29, 1.82) is 0 Å². The van der Waals surface area contributed by atoms with Gasteiger partial charge in [0, 0.05) is 5.69 Å². The van der Waals surface area contributed by atoms with Gasteiger partial charge in [0.1, 0.15) is 11.5 Å². The van der Waals surface area contributed by atoms with Crippen molar-refractivity contribution in [2.75, 3.05) is 5.73 Å². The van der Waals surface area contributed by atoms with Gasteiger partial charge in [-0.1, -0.05) is 32.2 Å². The van der Waals surface area contributed by atoms with Crippen LogP contribution < -0.4 is 10.5 Å². The second-order valence-electron chi connectivity index (χ2n) is 4.23. The van der Waals surface area contributed by atoms with E-state index in [1.54, 1.807) is 0 Å². The zero-order valence-electron chi connectivity index (χ0n) is 10.3. The lowest BCUT2D eigenvalue weighted by molar-refractivity contribution is 0.318. The Morgan fingerprint density at radius 1 is 1.31 bits per heavy atom. The largest absolute Gasteiger partial charge is 0.491 e. The minimum absolute atomic E-state index is 0.267. The molecule has 0 amide bonds. The fraction of sp³-hybridized carbons (Fsp3) is 0.385. The highest BCUT2D eigenvalue weighted by atomic mass is 28.3. The Morgan fingerprint density at radius 3 is 2.44 bits per heavy atom. The van der Waals surface area contributed by atoms with Crippen molar-refractivity contribution in [3.8, 4) is 5.75 Å². The number of ether oxygens (including phenoxy) is 1. The van der Waals surface area contributed by atoms with Crippen LogP contribution in [0.2, 0.25) is 13.1 Å². The van der Waals surface area contributed by atoms with Crippen LogP contribution in [0.5, 0.6) is 5.75 Å². The van der Waals surface area contributed by atoms with E-state index in [1.807, 2.05) is 24.3 Å². The Kier molecular flexibility index (Phi) is 5.12. The third-order valence-electron chi connectivity index (χ3n) is 2.37. The molecule has 1 atom stereocenters. The molecule has 0 aliphatic rings. The molecule has 1 aromatic carbocycles. The zero-order valence-corrected chi connectivity index (χ0v) is 11.5. The van der Waals surface area contributed by atoms with Gasteiger partial charge in [-0.25, -0.2) is 0 Å². The molecule has 0 heterocycles. The number of nitrogen functional groups attached to an aromatic ring is 1. The summed E-state index contributed by atoms with van der Waals surface area (Å²) in [5.41, 5.74) is 6.68. The topological polar surface area (TPSA) is 35.2 Å². The molecule has 3 heteroatoms. The third kappa shape index (κ3) is 4.11. The summed E-state index contributed by atoms with van der Waals surface area (Å²) in [5, 5.41) is 0. The number of benzene rings is 1. The first-order valence-electron chi connectivity index (χ1n) is 5.82. The number of hydrogen-bond donors (Lipinski definition) is 1. The van der Waals surface area contributed by atoms with E-state index in [0.717, 1.165) is 17.9 Å². The highest BCUT2D eigenvalue weighted by Gasteiger charge is 2.12. The normalized spacial score (nSPS) is 13.2. The molecule has 0 saturated heterocycles. The van der Waals surface area contributed by atoms with Crippen molar-refractivity contribution in [3.63, 3.8) is 0 Å². The van der Waals surface area contributed by atoms with Gasteiger partial charge < -0.3 is 10.5 Å². The number of hydrogen-bond acceptors (Lipinski definition) is 2. The van der Waals surface area contributed by atoms with Crippen molar-refractivity contribution in [2.24, 2.45) is 0 Å². The molecule has 16 heavy (non-hydrogen) atoms. The lowest BCUT2D eigenvalue weighted by Crippen LogP contribution is -2.28. The number of anilines is 1. The van der Waals surface area contributed by atoms with Crippen molar-refractivity contribution in [2.45, 2.75) is 32.2 Å². The van der Waals surface area contributed by atoms with Crippen LogP contribution in [0.25, 0.3) is 0 Å². The quantitative estimate of drug-likeness (QED) is 0.484. The number of allylic oxidation sites excluding steroid dienone is 1. The van der Waals surface area contributed by atoms with Crippen LogP contribution in [0.15, 0.2) is 36.4 Å². The maximum atomic E-state index is 5.95. The molecule has 1 rings (SSSR count). The van der Waals surface area contributed by atoms with Gasteiger partial charge in [0.05, 0.1) is 8.80 Å². The molecular weight excluding hydrogens is 214 g/mol. The van der Waals surface area contributed by atoms with E-state index in [2.05, 4.69) is 32.2 Å². The fourth-order valence-electron chi connectivity index (χ4n) is 1.37. The highest BCUT2D eigenvalue weighted by molar-refractivity contribution is 6.57. The lowest BCUT2D eigenvalue weighted by Gasteiger charge is -2.18. The monoisotopic (exact) mass is 235 g/mol. The van der Waals surface area contributed by atoms with Gasteiger partial charge in [-0.05, 0) is 30.7 Å². The van der Waals surface area contributed by atoms with Crippen molar-refractivity contribution in [1.82, 2.24) is 0 Å². The van der Waals surface area contributed by atoms with Crippen LogP contribution in [0.1, 0.15) is 13.3 Å². The Morgan fingerprint density at radius 2 is 1.94 bits per heavy atom. The summed E-state index contributed by atoms with van der Waals surface area (Å²) in [6.07, 6.45) is 5.42. The van der Waals surface area contributed by atoms with Crippen LogP contribution in [0.4, 0.5) is 5.69 Å². The summed E-state index contributed by atoms with van der Waals surface area (Å²) in [5.74, 6) is 0.904. The molecule has 1 unspecified atom stereocenters. The van der Waals surface area contributed by atoms with Gasteiger partial charge in [-0.2, -0.15) is 0 Å². The van der Waals surface area contributed by atoms with Crippen LogP contribution in [0, 0.1) is 0 Å². The van der Waals surface area contributed by atoms with Crippen molar-refractivity contribution >= 4 is 14.5 Å². The van der Waals surface area contributed by atoms with E-state index in [0.29, 0.717) is 0 Å². The third-order valence-corrected chi connectivity index (χ3v) is 4.04. The average molecular weight is 235 g/mol. The summed E-state index contributed by atoms with van der Waals surface area (Å²) in [7, 11) is -0.839. The number of nitrogens with two attached hydrogens (primary N) is 1. The van der Waals surface area contributed by atoms with Crippen LogP contribution in [0.3, 0.4) is 0 Å². The predicted octanol–water partition coefficient (Wildman–Crippen LogP) is 3.01. The highest BCUT2D eigenvalue weighted by Crippen LogP contribution is 2.16. The van der Waals surface area contributed by atoms with Gasteiger partial charge >= 0.3 is 0 Å². The van der Waals surface area contributed by atoms with Crippen molar-refractivity contribution < 1.29 is 4.74 Å². The smallest absolute Gasteiger partial charge is 0.119 e. The first-order valence-corrected chi connectivity index (χ1v) is 8.80. The minimum atomic E-state index is -0.839. The molecule has 0 fully saturated rings. The molecule has 0 bridgehead atoms. The summed E-state index contributed by atoms with van der Waals surface area (Å²) >= 11 is 0. The van der Waals surface area contributed by atoms with E-state index in [1.165, 1.54) is 0 Å². The van der Waals surface area contributed by atoms with E-state index in [4.69, 9.17) is 10.5 Å². The average Bonchev–Trinajstić information content (AvgIpc) is 2.26. The molecule has 0 spiro atoms. The Bertz CT molecular complexity index is 332. The van der Waals surface area contributed by atoms with E-state index >= 15 is 0 Å². The van der Waals surface area contributed by atoms with Gasteiger partial charge in [0.15, 0.2) is 0 Å². The molecule has 1 aromatic rings. The molecule has 0 radical (unpaired) electrons. The first-order chi connectivity index (χ1) is 7.63. The molecule has 0 aliphatic heterocycles. The van der Waals surface area contributed by atoms with Crippen LogP contribution in [-0.2, 0) is 0 Å². The summed E-state index contributed by atoms with van der Waals surface area (Å²) in [6, 6.07) is 7.60. The second-order valence-corrected chi connectivity index (χ2v) is 7.38. The minimum Gasteiger partial charge on any atom is -0.491 e.